The highest BCUT2D eigenvalue weighted by atomic mass is 16.5. The third-order valence-electron chi connectivity index (χ3n) is 7.33. The topological polar surface area (TPSA) is 106 Å². The number of likely N-dealkylation sites (N-methyl/N-ethyl adjacent to an activating group) is 1. The number of urea groups is 1. The Hall–Kier alpha value is -4.57. The molecule has 10 heteroatoms. The lowest BCUT2D eigenvalue weighted by atomic mass is 9.98. The van der Waals surface area contributed by atoms with Gasteiger partial charge in [-0.15, -0.1) is 0 Å². The predicted molar refractivity (Wildman–Crippen MR) is 155 cm³/mol. The molecule has 0 aliphatic carbocycles. The third kappa shape index (κ3) is 6.44. The summed E-state index contributed by atoms with van der Waals surface area (Å²) in [7, 11) is 3.30. The molecule has 2 atom stereocenters. The number of rotatable bonds is 7. The number of phenols is 1. The summed E-state index contributed by atoms with van der Waals surface area (Å²) in [6.45, 7) is 0.769. The number of carbonyl (C=O) groups is 3. The smallest absolute Gasteiger partial charge is 0.334 e. The van der Waals surface area contributed by atoms with Crippen molar-refractivity contribution in [1.82, 2.24) is 25.1 Å². The number of hydrogen-bond donors (Lipinski definition) is 2. The molecule has 216 valence electrons. The Bertz CT molecular complexity index is 1350. The molecule has 41 heavy (non-hydrogen) atoms. The Kier molecular flexibility index (Phi) is 9.14. The molecule has 1 unspecified atom stereocenters. The van der Waals surface area contributed by atoms with Gasteiger partial charge >= 0.3 is 6.03 Å². The summed E-state index contributed by atoms with van der Waals surface area (Å²) in [5, 5.41) is 15.9. The molecule has 2 aliphatic rings. The van der Waals surface area contributed by atoms with E-state index < -0.39 is 12.2 Å². The molecular formula is C31H37N5O5. The molecule has 0 aromatic heterocycles. The second-order valence-electron chi connectivity index (χ2n) is 10.0. The van der Waals surface area contributed by atoms with Crippen LogP contribution in [0.4, 0.5) is 4.79 Å². The highest BCUT2D eigenvalue weighted by Gasteiger charge is 2.50. The third-order valence-corrected chi connectivity index (χ3v) is 7.33. The summed E-state index contributed by atoms with van der Waals surface area (Å²) in [6.07, 6.45) is -0.441. The first kappa shape index (κ1) is 29.4. The molecule has 5 rings (SSSR count). The summed E-state index contributed by atoms with van der Waals surface area (Å²) in [5.41, 5.74) is 2.66. The van der Waals surface area contributed by atoms with Gasteiger partial charge in [-0.1, -0.05) is 62.0 Å². The summed E-state index contributed by atoms with van der Waals surface area (Å²) in [5.74, 6) is 0.420. The number of methoxy groups -OCH3 is 1. The number of hydrazine groups is 1. The number of fused-ring (bicyclic) bond motifs is 1. The first-order valence-corrected chi connectivity index (χ1v) is 13.2. The molecule has 0 bridgehead atoms. The van der Waals surface area contributed by atoms with Crippen molar-refractivity contribution < 1.29 is 24.2 Å². The SMILES string of the molecule is C.COc1ccc(CN2CC3N(C(=O)CN(C)N3C(=O)NCc3ccccc3)[C@@H](Cc3ccc(O)cc3)C2=O)cc1. The minimum atomic E-state index is -0.813. The highest BCUT2D eigenvalue weighted by molar-refractivity contribution is 5.91. The Morgan fingerprint density at radius 1 is 0.951 bits per heavy atom. The van der Waals surface area contributed by atoms with Gasteiger partial charge < -0.3 is 25.0 Å². The molecule has 3 aromatic carbocycles. The number of nitrogens with one attached hydrogen (secondary N) is 1. The maximum atomic E-state index is 13.9. The molecule has 0 spiro atoms. The summed E-state index contributed by atoms with van der Waals surface area (Å²) in [4.78, 5) is 44.2. The van der Waals surface area contributed by atoms with Crippen LogP contribution in [0.25, 0.3) is 0 Å². The van der Waals surface area contributed by atoms with Crippen molar-refractivity contribution in [2.24, 2.45) is 0 Å². The first-order chi connectivity index (χ1) is 19.3. The van der Waals surface area contributed by atoms with Crippen molar-refractivity contribution in [2.45, 2.75) is 39.1 Å². The largest absolute Gasteiger partial charge is 0.508 e. The Morgan fingerprint density at radius 3 is 2.27 bits per heavy atom. The van der Waals surface area contributed by atoms with E-state index in [0.29, 0.717) is 18.8 Å². The molecule has 2 saturated heterocycles. The van der Waals surface area contributed by atoms with Crippen LogP contribution in [0.2, 0.25) is 0 Å². The van der Waals surface area contributed by atoms with Crippen molar-refractivity contribution in [1.29, 1.82) is 0 Å². The number of carbonyl (C=O) groups excluding carboxylic acids is 3. The fourth-order valence-electron chi connectivity index (χ4n) is 5.31. The molecular weight excluding hydrogens is 522 g/mol. The van der Waals surface area contributed by atoms with E-state index in [-0.39, 0.29) is 50.5 Å². The zero-order chi connectivity index (χ0) is 28.2. The van der Waals surface area contributed by atoms with Gasteiger partial charge in [0.1, 0.15) is 23.7 Å². The van der Waals surface area contributed by atoms with Crippen LogP contribution in [0.1, 0.15) is 24.1 Å². The number of hydrogen-bond acceptors (Lipinski definition) is 6. The van der Waals surface area contributed by atoms with Gasteiger partial charge in [-0.25, -0.2) is 14.8 Å². The molecule has 3 aromatic rings. The van der Waals surface area contributed by atoms with Gasteiger partial charge in [-0.2, -0.15) is 0 Å². The number of nitrogens with zero attached hydrogens (tertiary/aromatic N) is 4. The lowest BCUT2D eigenvalue weighted by Crippen LogP contribution is -2.76. The quantitative estimate of drug-likeness (QED) is 0.461. The predicted octanol–water partition coefficient (Wildman–Crippen LogP) is 3.22. The number of benzene rings is 3. The lowest BCUT2D eigenvalue weighted by molar-refractivity contribution is -0.187. The van der Waals surface area contributed by atoms with Crippen LogP contribution in [0.5, 0.6) is 11.5 Å². The molecule has 10 nitrogen and oxygen atoms in total. The van der Waals surface area contributed by atoms with Gasteiger partial charge in [0.15, 0.2) is 0 Å². The fraction of sp³-hybridized carbons (Fsp3) is 0.323. The zero-order valence-corrected chi connectivity index (χ0v) is 22.6. The number of piperazine rings is 1. The second kappa shape index (κ2) is 12.7. The molecule has 2 N–H and O–H groups in total. The average Bonchev–Trinajstić information content (AvgIpc) is 2.96. The summed E-state index contributed by atoms with van der Waals surface area (Å²) < 4.78 is 5.26. The molecule has 0 radical (unpaired) electrons. The van der Waals surface area contributed by atoms with Crippen LogP contribution in [0.15, 0.2) is 78.9 Å². The van der Waals surface area contributed by atoms with Gasteiger partial charge in [0.2, 0.25) is 11.8 Å². The lowest BCUT2D eigenvalue weighted by Gasteiger charge is -2.54. The van der Waals surface area contributed by atoms with E-state index >= 15 is 0 Å². The van der Waals surface area contributed by atoms with Gasteiger partial charge in [0.05, 0.1) is 20.2 Å². The normalized spacial score (nSPS) is 18.9. The second-order valence-corrected chi connectivity index (χ2v) is 10.0. The molecule has 2 heterocycles. The highest BCUT2D eigenvalue weighted by Crippen LogP contribution is 2.29. The van der Waals surface area contributed by atoms with Crippen LogP contribution in [0, 0.1) is 0 Å². The Labute approximate surface area is 240 Å². The van der Waals surface area contributed by atoms with Gasteiger partial charge in [0.25, 0.3) is 0 Å². The Balaban J connectivity index is 0.00000387. The number of phenolic OH excluding ortho intramolecular Hbond substituents is 1. The minimum absolute atomic E-state index is 0. The number of ether oxygens (including phenoxy) is 1. The van der Waals surface area contributed by atoms with Crippen molar-refractivity contribution in [3.63, 3.8) is 0 Å². The zero-order valence-electron chi connectivity index (χ0n) is 22.6. The molecule has 2 aliphatic heterocycles. The number of aromatic hydroxyl groups is 1. The number of amides is 4. The first-order valence-electron chi connectivity index (χ1n) is 13.2. The summed E-state index contributed by atoms with van der Waals surface area (Å²) in [6, 6.07) is 22.5. The van der Waals surface area contributed by atoms with Gasteiger partial charge in [-0.05, 0) is 41.0 Å². The van der Waals surface area contributed by atoms with Crippen molar-refractivity contribution >= 4 is 17.8 Å². The Morgan fingerprint density at radius 2 is 1.61 bits per heavy atom. The van der Waals surface area contributed by atoms with E-state index in [1.54, 1.807) is 58.2 Å². The van der Waals surface area contributed by atoms with Gasteiger partial charge in [-0.3, -0.25) is 9.59 Å². The van der Waals surface area contributed by atoms with E-state index in [1.807, 2.05) is 54.6 Å². The fourth-order valence-corrected chi connectivity index (χ4v) is 5.31. The van der Waals surface area contributed by atoms with E-state index in [2.05, 4.69) is 5.32 Å². The molecule has 2 fully saturated rings. The van der Waals surface area contributed by atoms with Crippen LogP contribution < -0.4 is 10.1 Å². The standard InChI is InChI=1S/C30H33N5O5.CH4/c1-32-20-28(37)34-26(16-21-8-12-24(36)13-9-21)29(38)33(18-23-10-14-25(40-2)15-11-23)19-27(34)35(32)30(39)31-17-22-6-4-3-5-7-22;/h3-15,26-27,36H,16-20H2,1-2H3,(H,31,39);1H4/t26-,27?;/m0./s1. The van der Waals surface area contributed by atoms with E-state index in [4.69, 9.17) is 4.74 Å². The average molecular weight is 560 g/mol. The monoisotopic (exact) mass is 559 g/mol. The summed E-state index contributed by atoms with van der Waals surface area (Å²) >= 11 is 0. The van der Waals surface area contributed by atoms with Crippen LogP contribution >= 0.6 is 0 Å². The van der Waals surface area contributed by atoms with E-state index in [1.165, 1.54) is 0 Å². The van der Waals surface area contributed by atoms with Crippen LogP contribution in [-0.4, -0.2) is 82.2 Å². The maximum Gasteiger partial charge on any atom is 0.334 e. The van der Waals surface area contributed by atoms with Crippen molar-refractivity contribution in [3.8, 4) is 11.5 Å². The minimum Gasteiger partial charge on any atom is -0.508 e. The van der Waals surface area contributed by atoms with Crippen molar-refractivity contribution in [3.05, 3.63) is 95.6 Å². The van der Waals surface area contributed by atoms with E-state index in [0.717, 1.165) is 16.7 Å². The molecule has 0 saturated carbocycles. The maximum absolute atomic E-state index is 13.9. The van der Waals surface area contributed by atoms with Crippen LogP contribution in [0.3, 0.4) is 0 Å². The molecule has 4 amide bonds. The van der Waals surface area contributed by atoms with Crippen LogP contribution in [-0.2, 0) is 29.1 Å². The van der Waals surface area contributed by atoms with Crippen molar-refractivity contribution in [2.75, 3.05) is 27.2 Å². The van der Waals surface area contributed by atoms with Gasteiger partial charge in [0, 0.05) is 26.6 Å². The van der Waals surface area contributed by atoms with E-state index in [9.17, 15) is 19.5 Å².